The molecule has 0 bridgehead atoms. The summed E-state index contributed by atoms with van der Waals surface area (Å²) in [6.07, 6.45) is 3.63. The largest absolute Gasteiger partial charge is 0.481 e. The third kappa shape index (κ3) is 3.11. The molecule has 2 aliphatic rings. The fourth-order valence-electron chi connectivity index (χ4n) is 2.48. The van der Waals surface area contributed by atoms with E-state index in [1.807, 2.05) is 0 Å². The summed E-state index contributed by atoms with van der Waals surface area (Å²) in [6.45, 7) is 3.33. The molecule has 96 valence electrons. The van der Waals surface area contributed by atoms with Crippen molar-refractivity contribution in [1.29, 1.82) is 0 Å². The number of nitrogens with one attached hydrogen (secondary N) is 1. The number of carboxylic acids is 1. The van der Waals surface area contributed by atoms with Crippen molar-refractivity contribution in [3.8, 4) is 0 Å². The molecule has 0 aromatic carbocycles. The number of aliphatic carboxylic acids is 1. The van der Waals surface area contributed by atoms with E-state index < -0.39 is 5.97 Å². The number of rotatable bonds is 5. The first-order valence-electron chi connectivity index (χ1n) is 6.37. The normalized spacial score (nSPS) is 27.5. The predicted molar refractivity (Wildman–Crippen MR) is 62.7 cm³/mol. The van der Waals surface area contributed by atoms with Crippen LogP contribution in [0.25, 0.3) is 0 Å². The average Bonchev–Trinajstić information content (AvgIpc) is 2.89. The van der Waals surface area contributed by atoms with Crippen LogP contribution in [-0.2, 0) is 4.79 Å². The lowest BCUT2D eigenvalue weighted by molar-refractivity contribution is -0.139. The highest BCUT2D eigenvalue weighted by Crippen LogP contribution is 2.34. The van der Waals surface area contributed by atoms with Crippen LogP contribution in [0.5, 0.6) is 0 Å². The fourth-order valence-corrected chi connectivity index (χ4v) is 2.48. The summed E-state index contributed by atoms with van der Waals surface area (Å²) in [7, 11) is 0. The van der Waals surface area contributed by atoms with Gasteiger partial charge in [-0.1, -0.05) is 13.3 Å². The number of nitrogens with zero attached hydrogens (tertiary/aromatic N) is 1. The minimum Gasteiger partial charge on any atom is -0.481 e. The van der Waals surface area contributed by atoms with Gasteiger partial charge in [-0.3, -0.25) is 4.79 Å². The van der Waals surface area contributed by atoms with Crippen LogP contribution in [0, 0.1) is 11.8 Å². The summed E-state index contributed by atoms with van der Waals surface area (Å²) in [5, 5.41) is 11.6. The van der Waals surface area contributed by atoms with E-state index in [4.69, 9.17) is 5.11 Å². The second kappa shape index (κ2) is 4.94. The smallest absolute Gasteiger partial charge is 0.317 e. The maximum absolute atomic E-state index is 11.7. The van der Waals surface area contributed by atoms with Gasteiger partial charge in [-0.25, -0.2) is 4.79 Å². The van der Waals surface area contributed by atoms with E-state index in [0.29, 0.717) is 25.0 Å². The highest BCUT2D eigenvalue weighted by Gasteiger charge is 2.40. The van der Waals surface area contributed by atoms with E-state index in [1.54, 1.807) is 4.90 Å². The number of hydrogen-bond donors (Lipinski definition) is 2. The lowest BCUT2D eigenvalue weighted by Crippen LogP contribution is -2.54. The first kappa shape index (κ1) is 12.2. The molecule has 2 atom stereocenters. The number of carboxylic acid groups (broad SMARTS) is 1. The van der Waals surface area contributed by atoms with Crippen LogP contribution in [0.3, 0.4) is 0 Å². The Balaban J connectivity index is 1.62. The van der Waals surface area contributed by atoms with Crippen LogP contribution >= 0.6 is 0 Å². The van der Waals surface area contributed by atoms with Crippen molar-refractivity contribution in [2.24, 2.45) is 11.8 Å². The summed E-state index contributed by atoms with van der Waals surface area (Å²) in [5.74, 6) is 0.0317. The molecule has 2 N–H and O–H groups in total. The highest BCUT2D eigenvalue weighted by molar-refractivity contribution is 5.76. The minimum atomic E-state index is -0.778. The number of likely N-dealkylation sites (tertiary alicyclic amines) is 1. The van der Waals surface area contributed by atoms with Crippen LogP contribution in [0.15, 0.2) is 0 Å². The molecule has 2 rings (SSSR count). The Kier molecular flexibility index (Phi) is 3.54. The SMILES string of the molecule is CCCC1CC1NC(=O)N1CC(CC(=O)O)C1. The Morgan fingerprint density at radius 3 is 2.71 bits per heavy atom. The molecule has 5 nitrogen and oxygen atoms in total. The quantitative estimate of drug-likeness (QED) is 0.760. The topological polar surface area (TPSA) is 69.6 Å². The van der Waals surface area contributed by atoms with E-state index >= 15 is 0 Å². The van der Waals surface area contributed by atoms with Crippen molar-refractivity contribution < 1.29 is 14.7 Å². The van der Waals surface area contributed by atoms with Crippen molar-refractivity contribution in [2.75, 3.05) is 13.1 Å². The Morgan fingerprint density at radius 1 is 1.41 bits per heavy atom. The molecule has 2 fully saturated rings. The van der Waals surface area contributed by atoms with Crippen molar-refractivity contribution in [3.63, 3.8) is 0 Å². The standard InChI is InChI=1S/C12H20N2O3/c1-2-3-9-5-10(9)13-12(17)14-6-8(7-14)4-11(15)16/h8-10H,2-7H2,1H3,(H,13,17)(H,15,16). The van der Waals surface area contributed by atoms with Gasteiger partial charge in [0, 0.05) is 25.0 Å². The Morgan fingerprint density at radius 2 is 2.12 bits per heavy atom. The second-order valence-corrected chi connectivity index (χ2v) is 5.21. The summed E-state index contributed by atoms with van der Waals surface area (Å²) < 4.78 is 0. The number of hydrogen-bond acceptors (Lipinski definition) is 2. The molecule has 5 heteroatoms. The molecule has 1 aliphatic carbocycles. The molecule has 0 radical (unpaired) electrons. The maximum atomic E-state index is 11.7. The third-order valence-corrected chi connectivity index (χ3v) is 3.60. The first-order chi connectivity index (χ1) is 8.10. The molecule has 2 amide bonds. The molecule has 0 spiro atoms. The van der Waals surface area contributed by atoms with Gasteiger partial charge in [-0.15, -0.1) is 0 Å². The lowest BCUT2D eigenvalue weighted by Gasteiger charge is -2.38. The first-order valence-corrected chi connectivity index (χ1v) is 6.37. The van der Waals surface area contributed by atoms with Gasteiger partial charge in [-0.05, 0) is 18.8 Å². The maximum Gasteiger partial charge on any atom is 0.317 e. The zero-order chi connectivity index (χ0) is 12.4. The summed E-state index contributed by atoms with van der Waals surface area (Å²) in [6, 6.07) is 0.344. The molecule has 1 saturated carbocycles. The second-order valence-electron chi connectivity index (χ2n) is 5.21. The van der Waals surface area contributed by atoms with Crippen LogP contribution in [0.2, 0.25) is 0 Å². The summed E-state index contributed by atoms with van der Waals surface area (Å²) in [5.41, 5.74) is 0. The van der Waals surface area contributed by atoms with Gasteiger partial charge >= 0.3 is 12.0 Å². The molecular weight excluding hydrogens is 220 g/mol. The molecule has 1 aliphatic heterocycles. The molecule has 0 aromatic heterocycles. The summed E-state index contributed by atoms with van der Waals surface area (Å²) in [4.78, 5) is 23.9. The van der Waals surface area contributed by atoms with Crippen molar-refractivity contribution in [2.45, 2.75) is 38.6 Å². The molecular formula is C12H20N2O3. The number of amides is 2. The monoisotopic (exact) mass is 240 g/mol. The Labute approximate surface area is 101 Å². The molecule has 2 unspecified atom stereocenters. The van der Waals surface area contributed by atoms with Crippen LogP contribution < -0.4 is 5.32 Å². The van der Waals surface area contributed by atoms with E-state index in [9.17, 15) is 9.59 Å². The molecule has 1 heterocycles. The number of carbonyl (C=O) groups excluding carboxylic acids is 1. The van der Waals surface area contributed by atoms with Gasteiger partial charge in [0.15, 0.2) is 0 Å². The lowest BCUT2D eigenvalue weighted by atomic mass is 9.97. The fraction of sp³-hybridized carbons (Fsp3) is 0.833. The molecule has 1 saturated heterocycles. The van der Waals surface area contributed by atoms with Gasteiger partial charge in [0.1, 0.15) is 0 Å². The van der Waals surface area contributed by atoms with Gasteiger partial charge < -0.3 is 15.3 Å². The van der Waals surface area contributed by atoms with Gasteiger partial charge in [0.2, 0.25) is 0 Å². The third-order valence-electron chi connectivity index (χ3n) is 3.60. The van der Waals surface area contributed by atoms with Crippen molar-refractivity contribution in [1.82, 2.24) is 10.2 Å². The van der Waals surface area contributed by atoms with Crippen LogP contribution in [0.4, 0.5) is 4.79 Å². The Bertz CT molecular complexity index is 313. The van der Waals surface area contributed by atoms with Crippen molar-refractivity contribution in [3.05, 3.63) is 0 Å². The zero-order valence-electron chi connectivity index (χ0n) is 10.2. The van der Waals surface area contributed by atoms with Crippen LogP contribution in [0.1, 0.15) is 32.6 Å². The van der Waals surface area contributed by atoms with Crippen LogP contribution in [-0.4, -0.2) is 41.1 Å². The van der Waals surface area contributed by atoms with E-state index in [-0.39, 0.29) is 18.4 Å². The number of carbonyl (C=O) groups is 2. The van der Waals surface area contributed by atoms with E-state index in [1.165, 1.54) is 12.8 Å². The van der Waals surface area contributed by atoms with Crippen molar-refractivity contribution >= 4 is 12.0 Å². The zero-order valence-corrected chi connectivity index (χ0v) is 10.2. The van der Waals surface area contributed by atoms with Gasteiger partial charge in [0.25, 0.3) is 0 Å². The molecule has 17 heavy (non-hydrogen) atoms. The van der Waals surface area contributed by atoms with Gasteiger partial charge in [0.05, 0.1) is 6.42 Å². The number of urea groups is 1. The predicted octanol–water partition coefficient (Wildman–Crippen LogP) is 1.29. The minimum absolute atomic E-state index is 0.0183. The summed E-state index contributed by atoms with van der Waals surface area (Å²) >= 11 is 0. The molecule has 0 aromatic rings. The van der Waals surface area contributed by atoms with Gasteiger partial charge in [-0.2, -0.15) is 0 Å². The average molecular weight is 240 g/mol. The Hall–Kier alpha value is -1.26. The van der Waals surface area contributed by atoms with E-state index in [0.717, 1.165) is 6.42 Å². The van der Waals surface area contributed by atoms with E-state index in [2.05, 4.69) is 12.2 Å². The highest BCUT2D eigenvalue weighted by atomic mass is 16.4.